The highest BCUT2D eigenvalue weighted by Gasteiger charge is 2.36. The largest absolute Gasteiger partial charge is 0.381 e. The molecule has 1 aliphatic carbocycles. The van der Waals surface area contributed by atoms with Crippen molar-refractivity contribution in [2.75, 3.05) is 39.5 Å². The van der Waals surface area contributed by atoms with Crippen molar-refractivity contribution in [2.45, 2.75) is 44.7 Å². The van der Waals surface area contributed by atoms with E-state index in [1.807, 2.05) is 0 Å². The van der Waals surface area contributed by atoms with E-state index in [9.17, 15) is 0 Å². The maximum Gasteiger partial charge on any atom is 0.0623 e. The van der Waals surface area contributed by atoms with Crippen LogP contribution < -0.4 is 10.6 Å². The van der Waals surface area contributed by atoms with Gasteiger partial charge in [0, 0.05) is 37.2 Å². The summed E-state index contributed by atoms with van der Waals surface area (Å²) in [7, 11) is 0. The van der Waals surface area contributed by atoms with Crippen molar-refractivity contribution < 1.29 is 9.47 Å². The van der Waals surface area contributed by atoms with Gasteiger partial charge in [-0.1, -0.05) is 13.3 Å². The Kier molecular flexibility index (Phi) is 4.42. The van der Waals surface area contributed by atoms with E-state index < -0.39 is 0 Å². The molecule has 19 heavy (non-hydrogen) atoms. The quantitative estimate of drug-likeness (QED) is 0.803. The molecule has 1 saturated carbocycles. The van der Waals surface area contributed by atoms with Crippen LogP contribution in [0.3, 0.4) is 0 Å². The van der Waals surface area contributed by atoms with Gasteiger partial charge in [0.15, 0.2) is 0 Å². The number of hydrogen-bond donors (Lipinski definition) is 2. The summed E-state index contributed by atoms with van der Waals surface area (Å²) in [4.78, 5) is 0. The fourth-order valence-corrected chi connectivity index (χ4v) is 3.81. The lowest BCUT2D eigenvalue weighted by molar-refractivity contribution is 0.0515. The van der Waals surface area contributed by atoms with Crippen molar-refractivity contribution in [3.05, 3.63) is 0 Å². The predicted molar refractivity (Wildman–Crippen MR) is 75.3 cm³/mol. The monoisotopic (exact) mass is 268 g/mol. The first-order chi connectivity index (χ1) is 9.27. The second-order valence-corrected chi connectivity index (χ2v) is 6.83. The van der Waals surface area contributed by atoms with Gasteiger partial charge in [0.25, 0.3) is 0 Å². The zero-order chi connectivity index (χ0) is 13.1. The van der Waals surface area contributed by atoms with Gasteiger partial charge in [-0.3, -0.25) is 0 Å². The van der Waals surface area contributed by atoms with Gasteiger partial charge in [-0.15, -0.1) is 0 Å². The normalized spacial score (nSPS) is 43.7. The summed E-state index contributed by atoms with van der Waals surface area (Å²) in [6.07, 6.45) is 5.21. The predicted octanol–water partition coefficient (Wildman–Crippen LogP) is 1.16. The van der Waals surface area contributed by atoms with Crippen LogP contribution in [0.1, 0.15) is 32.6 Å². The van der Waals surface area contributed by atoms with E-state index in [2.05, 4.69) is 17.6 Å². The van der Waals surface area contributed by atoms with Crippen molar-refractivity contribution in [1.82, 2.24) is 10.6 Å². The van der Waals surface area contributed by atoms with Crippen LogP contribution >= 0.6 is 0 Å². The summed E-state index contributed by atoms with van der Waals surface area (Å²) in [5, 5.41) is 7.47. The fraction of sp³-hybridized carbons (Fsp3) is 1.00. The minimum atomic E-state index is 0.351. The summed E-state index contributed by atoms with van der Waals surface area (Å²) in [6.45, 7) is 8.08. The van der Waals surface area contributed by atoms with Gasteiger partial charge in [0.2, 0.25) is 0 Å². The zero-order valence-electron chi connectivity index (χ0n) is 12.1. The van der Waals surface area contributed by atoms with E-state index in [1.165, 1.54) is 25.7 Å². The Morgan fingerprint density at radius 2 is 2.21 bits per heavy atom. The summed E-state index contributed by atoms with van der Waals surface area (Å²) in [6, 6.07) is 1.22. The third-order valence-electron chi connectivity index (χ3n) is 5.13. The van der Waals surface area contributed by atoms with Crippen molar-refractivity contribution in [3.63, 3.8) is 0 Å². The van der Waals surface area contributed by atoms with Crippen LogP contribution in [0.25, 0.3) is 0 Å². The molecular weight excluding hydrogens is 240 g/mol. The summed E-state index contributed by atoms with van der Waals surface area (Å²) < 4.78 is 11.2. The van der Waals surface area contributed by atoms with Gasteiger partial charge in [0.05, 0.1) is 19.8 Å². The van der Waals surface area contributed by atoms with Crippen molar-refractivity contribution in [1.29, 1.82) is 0 Å². The van der Waals surface area contributed by atoms with E-state index in [-0.39, 0.29) is 0 Å². The number of nitrogens with one attached hydrogen (secondary N) is 2. The molecule has 0 radical (unpaired) electrons. The molecular formula is C15H28N2O2. The van der Waals surface area contributed by atoms with Crippen molar-refractivity contribution in [2.24, 2.45) is 11.3 Å². The minimum Gasteiger partial charge on any atom is -0.381 e. The first kappa shape index (κ1) is 13.8. The molecule has 0 aromatic heterocycles. The van der Waals surface area contributed by atoms with Gasteiger partial charge >= 0.3 is 0 Å². The molecule has 0 aromatic carbocycles. The lowest BCUT2D eigenvalue weighted by Crippen LogP contribution is -2.52. The molecule has 2 heterocycles. The minimum absolute atomic E-state index is 0.351. The third kappa shape index (κ3) is 3.30. The van der Waals surface area contributed by atoms with Crippen LogP contribution in [0.2, 0.25) is 0 Å². The highest BCUT2D eigenvalue weighted by molar-refractivity contribution is 4.93. The Hall–Kier alpha value is -0.160. The van der Waals surface area contributed by atoms with Gasteiger partial charge in [0.1, 0.15) is 0 Å². The topological polar surface area (TPSA) is 42.5 Å². The first-order valence-corrected chi connectivity index (χ1v) is 7.89. The Morgan fingerprint density at radius 1 is 1.26 bits per heavy atom. The molecule has 2 saturated heterocycles. The van der Waals surface area contributed by atoms with E-state index in [4.69, 9.17) is 9.47 Å². The molecule has 3 aliphatic rings. The second kappa shape index (κ2) is 6.08. The van der Waals surface area contributed by atoms with Gasteiger partial charge in [-0.2, -0.15) is 0 Å². The molecule has 4 atom stereocenters. The first-order valence-electron chi connectivity index (χ1n) is 7.89. The highest BCUT2D eigenvalue weighted by atomic mass is 16.5. The third-order valence-corrected chi connectivity index (χ3v) is 5.13. The van der Waals surface area contributed by atoms with Crippen LogP contribution in [0, 0.1) is 11.3 Å². The number of morpholine rings is 1. The van der Waals surface area contributed by atoms with E-state index in [1.54, 1.807) is 0 Å². The number of rotatable bonds is 4. The second-order valence-electron chi connectivity index (χ2n) is 6.83. The van der Waals surface area contributed by atoms with E-state index in [0.29, 0.717) is 17.5 Å². The van der Waals surface area contributed by atoms with Crippen molar-refractivity contribution >= 4 is 0 Å². The molecule has 0 bridgehead atoms. The Labute approximate surface area is 116 Å². The van der Waals surface area contributed by atoms with E-state index in [0.717, 1.165) is 45.4 Å². The van der Waals surface area contributed by atoms with Gasteiger partial charge in [-0.05, 0) is 25.2 Å². The SMILES string of the molecule is CC1(CNC2CCCC2C2COCCN2)CCOC1. The molecule has 3 rings (SSSR count). The van der Waals surface area contributed by atoms with Crippen LogP contribution in [-0.4, -0.2) is 51.6 Å². The lowest BCUT2D eigenvalue weighted by Gasteiger charge is -2.34. The van der Waals surface area contributed by atoms with Gasteiger partial charge in [-0.25, -0.2) is 0 Å². The smallest absolute Gasteiger partial charge is 0.0623 e. The van der Waals surface area contributed by atoms with Crippen LogP contribution in [0.15, 0.2) is 0 Å². The lowest BCUT2D eigenvalue weighted by atomic mass is 9.88. The number of ether oxygens (including phenoxy) is 2. The molecule has 4 heteroatoms. The van der Waals surface area contributed by atoms with Crippen LogP contribution in [0.4, 0.5) is 0 Å². The van der Waals surface area contributed by atoms with Crippen LogP contribution in [0.5, 0.6) is 0 Å². The maximum absolute atomic E-state index is 5.63. The average molecular weight is 268 g/mol. The Bertz CT molecular complexity index is 286. The van der Waals surface area contributed by atoms with E-state index >= 15 is 0 Å². The van der Waals surface area contributed by atoms with Crippen molar-refractivity contribution in [3.8, 4) is 0 Å². The molecule has 0 spiro atoms. The van der Waals surface area contributed by atoms with Crippen LogP contribution in [-0.2, 0) is 9.47 Å². The molecule has 4 unspecified atom stereocenters. The maximum atomic E-state index is 5.63. The molecule has 2 N–H and O–H groups in total. The fourth-order valence-electron chi connectivity index (χ4n) is 3.81. The molecule has 3 fully saturated rings. The molecule has 4 nitrogen and oxygen atoms in total. The zero-order valence-corrected chi connectivity index (χ0v) is 12.1. The summed E-state index contributed by atoms with van der Waals surface area (Å²) >= 11 is 0. The molecule has 2 aliphatic heterocycles. The summed E-state index contributed by atoms with van der Waals surface area (Å²) in [5.41, 5.74) is 0.351. The Balaban J connectivity index is 1.51. The molecule has 110 valence electrons. The Morgan fingerprint density at radius 3 is 2.95 bits per heavy atom. The molecule has 0 amide bonds. The molecule has 0 aromatic rings. The summed E-state index contributed by atoms with van der Waals surface area (Å²) in [5.74, 6) is 0.742. The van der Waals surface area contributed by atoms with Gasteiger partial charge < -0.3 is 20.1 Å². The standard InChI is InChI=1S/C15H28N2O2/c1-15(5-7-19-11-15)10-17-13-4-2-3-12(13)14-9-18-8-6-16-14/h12-14,16-17H,2-11H2,1H3. The highest BCUT2D eigenvalue weighted by Crippen LogP contribution is 2.32. The average Bonchev–Trinajstić information content (AvgIpc) is 3.07. The number of hydrogen-bond acceptors (Lipinski definition) is 4.